The maximum absolute atomic E-state index is 11.8. The molecule has 2 aromatic rings. The average molecular weight is 245 g/mol. The predicted molar refractivity (Wildman–Crippen MR) is 66.4 cm³/mol. The number of benzene rings is 1. The molecule has 18 heavy (non-hydrogen) atoms. The van der Waals surface area contributed by atoms with E-state index >= 15 is 0 Å². The Morgan fingerprint density at radius 1 is 1.22 bits per heavy atom. The van der Waals surface area contributed by atoms with Gasteiger partial charge in [-0.1, -0.05) is 0 Å². The van der Waals surface area contributed by atoms with Crippen molar-refractivity contribution >= 4 is 17.4 Å². The molecule has 0 saturated heterocycles. The number of aromatic nitrogens is 1. The molecule has 0 radical (unpaired) electrons. The molecule has 1 aromatic heterocycles. The van der Waals surface area contributed by atoms with Crippen LogP contribution in [0.2, 0.25) is 0 Å². The van der Waals surface area contributed by atoms with Gasteiger partial charge in [0.15, 0.2) is 0 Å². The van der Waals surface area contributed by atoms with Gasteiger partial charge >= 0.3 is 0 Å². The second kappa shape index (κ2) is 4.62. The van der Waals surface area contributed by atoms with Gasteiger partial charge in [-0.2, -0.15) is 0 Å². The molecule has 0 unspecified atom stereocenters. The second-order valence-corrected chi connectivity index (χ2v) is 3.63. The van der Waals surface area contributed by atoms with Crippen molar-refractivity contribution in [2.24, 2.45) is 0 Å². The van der Waals surface area contributed by atoms with Crippen LogP contribution in [0.15, 0.2) is 36.5 Å². The molecule has 0 saturated carbocycles. The first-order valence-corrected chi connectivity index (χ1v) is 5.11. The van der Waals surface area contributed by atoms with E-state index < -0.39 is 5.91 Å². The minimum Gasteiger partial charge on any atom is -0.508 e. The third-order valence-corrected chi connectivity index (χ3v) is 2.27. The highest BCUT2D eigenvalue weighted by Gasteiger charge is 2.12. The molecule has 0 bridgehead atoms. The highest BCUT2D eigenvalue weighted by molar-refractivity contribution is 6.06. The Kier molecular flexibility index (Phi) is 3.01. The van der Waals surface area contributed by atoms with Gasteiger partial charge in [0, 0.05) is 0 Å². The molecule has 1 aromatic carbocycles. The van der Waals surface area contributed by atoms with E-state index in [0.717, 1.165) is 0 Å². The molecule has 0 aliphatic carbocycles. The standard InChI is InChI=1S/C12H11N3O3/c13-11-4-1-7(6-14-11)15-12(18)9-5-8(16)2-3-10(9)17/h1-6,16-17H,(H2,13,14)(H,15,18). The molecule has 92 valence electrons. The van der Waals surface area contributed by atoms with Crippen molar-refractivity contribution in [3.63, 3.8) is 0 Å². The van der Waals surface area contributed by atoms with Crippen molar-refractivity contribution in [2.45, 2.75) is 0 Å². The lowest BCUT2D eigenvalue weighted by Gasteiger charge is -2.07. The summed E-state index contributed by atoms with van der Waals surface area (Å²) in [6, 6.07) is 6.83. The number of nitrogens with one attached hydrogen (secondary N) is 1. The summed E-state index contributed by atoms with van der Waals surface area (Å²) < 4.78 is 0. The SMILES string of the molecule is Nc1ccc(NC(=O)c2cc(O)ccc2O)cn1. The normalized spacial score (nSPS) is 10.0. The van der Waals surface area contributed by atoms with E-state index in [1.54, 1.807) is 6.07 Å². The first-order valence-electron chi connectivity index (χ1n) is 5.11. The quantitative estimate of drug-likeness (QED) is 0.597. The number of carbonyl (C=O) groups excluding carboxylic acids is 1. The van der Waals surface area contributed by atoms with Crippen molar-refractivity contribution < 1.29 is 15.0 Å². The van der Waals surface area contributed by atoms with E-state index in [9.17, 15) is 15.0 Å². The monoisotopic (exact) mass is 245 g/mol. The van der Waals surface area contributed by atoms with Crippen LogP contribution in [0.1, 0.15) is 10.4 Å². The highest BCUT2D eigenvalue weighted by atomic mass is 16.3. The van der Waals surface area contributed by atoms with E-state index in [1.165, 1.54) is 30.5 Å². The first-order chi connectivity index (χ1) is 8.56. The lowest BCUT2D eigenvalue weighted by Crippen LogP contribution is -2.12. The fraction of sp³-hybridized carbons (Fsp3) is 0. The zero-order valence-corrected chi connectivity index (χ0v) is 9.29. The maximum Gasteiger partial charge on any atom is 0.259 e. The van der Waals surface area contributed by atoms with Crippen molar-refractivity contribution in [1.29, 1.82) is 0 Å². The smallest absolute Gasteiger partial charge is 0.259 e. The van der Waals surface area contributed by atoms with Gasteiger partial charge in [-0.05, 0) is 30.3 Å². The third kappa shape index (κ3) is 2.49. The van der Waals surface area contributed by atoms with Crippen molar-refractivity contribution in [2.75, 3.05) is 11.1 Å². The summed E-state index contributed by atoms with van der Waals surface area (Å²) in [5.74, 6) is -0.523. The number of nitrogens with two attached hydrogens (primary N) is 1. The lowest BCUT2D eigenvalue weighted by atomic mass is 10.1. The van der Waals surface area contributed by atoms with Gasteiger partial charge in [0.05, 0.1) is 17.4 Å². The van der Waals surface area contributed by atoms with Gasteiger partial charge in [-0.15, -0.1) is 0 Å². The molecule has 6 nitrogen and oxygen atoms in total. The number of pyridine rings is 1. The number of anilines is 2. The zero-order chi connectivity index (χ0) is 13.1. The Hall–Kier alpha value is -2.76. The van der Waals surface area contributed by atoms with Crippen LogP contribution in [-0.4, -0.2) is 21.1 Å². The van der Waals surface area contributed by atoms with E-state index in [0.29, 0.717) is 11.5 Å². The number of carbonyl (C=O) groups is 1. The summed E-state index contributed by atoms with van der Waals surface area (Å²) in [6.07, 6.45) is 1.40. The molecule has 0 aliphatic rings. The van der Waals surface area contributed by atoms with Crippen LogP contribution in [0, 0.1) is 0 Å². The minimum atomic E-state index is -0.546. The number of amides is 1. The van der Waals surface area contributed by atoms with E-state index in [4.69, 9.17) is 5.73 Å². The van der Waals surface area contributed by atoms with Crippen molar-refractivity contribution in [1.82, 2.24) is 4.98 Å². The first kappa shape index (κ1) is 11.7. The van der Waals surface area contributed by atoms with Gasteiger partial charge in [0.1, 0.15) is 17.3 Å². The van der Waals surface area contributed by atoms with Crippen LogP contribution in [0.3, 0.4) is 0 Å². The van der Waals surface area contributed by atoms with E-state index in [-0.39, 0.29) is 17.1 Å². The molecular weight excluding hydrogens is 234 g/mol. The second-order valence-electron chi connectivity index (χ2n) is 3.63. The number of nitrogen functional groups attached to an aromatic ring is 1. The molecule has 0 atom stereocenters. The number of phenolic OH excluding ortho intramolecular Hbond substituents is 2. The maximum atomic E-state index is 11.8. The van der Waals surface area contributed by atoms with Crippen LogP contribution in [-0.2, 0) is 0 Å². The number of phenols is 2. The molecule has 0 fully saturated rings. The van der Waals surface area contributed by atoms with Crippen LogP contribution in [0.25, 0.3) is 0 Å². The molecule has 2 rings (SSSR count). The van der Waals surface area contributed by atoms with Gasteiger partial charge in [0.25, 0.3) is 5.91 Å². The molecule has 6 heteroatoms. The fourth-order valence-corrected chi connectivity index (χ4v) is 1.38. The van der Waals surface area contributed by atoms with Crippen LogP contribution in [0.4, 0.5) is 11.5 Å². The third-order valence-electron chi connectivity index (χ3n) is 2.27. The number of rotatable bonds is 2. The lowest BCUT2D eigenvalue weighted by molar-refractivity contribution is 0.102. The molecular formula is C12H11N3O3. The van der Waals surface area contributed by atoms with Crippen LogP contribution < -0.4 is 11.1 Å². The van der Waals surface area contributed by atoms with Gasteiger partial charge in [-0.3, -0.25) is 4.79 Å². The van der Waals surface area contributed by atoms with Crippen molar-refractivity contribution in [3.05, 3.63) is 42.1 Å². The van der Waals surface area contributed by atoms with Crippen LogP contribution in [0.5, 0.6) is 11.5 Å². The number of aromatic hydroxyl groups is 2. The van der Waals surface area contributed by atoms with Gasteiger partial charge in [0.2, 0.25) is 0 Å². The molecule has 5 N–H and O–H groups in total. The summed E-state index contributed by atoms with van der Waals surface area (Å²) in [7, 11) is 0. The van der Waals surface area contributed by atoms with Crippen molar-refractivity contribution in [3.8, 4) is 11.5 Å². The molecule has 0 aliphatic heterocycles. The fourth-order valence-electron chi connectivity index (χ4n) is 1.38. The number of nitrogens with zero attached hydrogens (tertiary/aromatic N) is 1. The average Bonchev–Trinajstić information content (AvgIpc) is 2.35. The highest BCUT2D eigenvalue weighted by Crippen LogP contribution is 2.23. The largest absolute Gasteiger partial charge is 0.508 e. The van der Waals surface area contributed by atoms with E-state index in [1.807, 2.05) is 0 Å². The molecule has 1 heterocycles. The Labute approximate surface area is 103 Å². The summed E-state index contributed by atoms with van der Waals surface area (Å²) in [5.41, 5.74) is 5.84. The molecule has 1 amide bonds. The topological polar surface area (TPSA) is 108 Å². The summed E-state index contributed by atoms with van der Waals surface area (Å²) in [5, 5.41) is 21.3. The van der Waals surface area contributed by atoms with Gasteiger partial charge in [-0.25, -0.2) is 4.98 Å². The van der Waals surface area contributed by atoms with E-state index in [2.05, 4.69) is 10.3 Å². The predicted octanol–water partition coefficient (Wildman–Crippen LogP) is 1.33. The van der Waals surface area contributed by atoms with Crippen LogP contribution >= 0.6 is 0 Å². The minimum absolute atomic E-state index is 0.0215. The molecule has 0 spiro atoms. The Bertz CT molecular complexity index is 582. The summed E-state index contributed by atoms with van der Waals surface area (Å²) in [4.78, 5) is 15.6. The van der Waals surface area contributed by atoms with Gasteiger partial charge < -0.3 is 21.3 Å². The summed E-state index contributed by atoms with van der Waals surface area (Å²) in [6.45, 7) is 0. The zero-order valence-electron chi connectivity index (χ0n) is 9.29. The Balaban J connectivity index is 2.21. The Morgan fingerprint density at radius 3 is 2.67 bits per heavy atom. The Morgan fingerprint density at radius 2 is 2.00 bits per heavy atom. The number of hydrogen-bond donors (Lipinski definition) is 4. The summed E-state index contributed by atoms with van der Waals surface area (Å²) >= 11 is 0. The number of hydrogen-bond acceptors (Lipinski definition) is 5.